The van der Waals surface area contributed by atoms with Crippen molar-refractivity contribution in [1.29, 1.82) is 0 Å². The number of anilines is 1. The van der Waals surface area contributed by atoms with Gasteiger partial charge in [0.05, 0.1) is 29.5 Å². The molecule has 0 N–H and O–H groups in total. The zero-order valence-electron chi connectivity index (χ0n) is 26.5. The van der Waals surface area contributed by atoms with Crippen molar-refractivity contribution in [3.63, 3.8) is 0 Å². The first-order chi connectivity index (χ1) is 21.6. The largest absolute Gasteiger partial charge is 0.493 e. The summed E-state index contributed by atoms with van der Waals surface area (Å²) in [6.45, 7) is 5.19. The van der Waals surface area contributed by atoms with Crippen LogP contribution in [0, 0.1) is 12.8 Å². The van der Waals surface area contributed by atoms with Crippen molar-refractivity contribution in [1.82, 2.24) is 14.7 Å². The summed E-state index contributed by atoms with van der Waals surface area (Å²) in [4.78, 5) is 18.1. The molecular formula is C36H42N4O4S. The molecule has 3 atom stereocenters. The molecule has 0 bridgehead atoms. The second-order valence-corrected chi connectivity index (χ2v) is 14.8. The van der Waals surface area contributed by atoms with Gasteiger partial charge in [-0.25, -0.2) is 13.1 Å². The van der Waals surface area contributed by atoms with Crippen LogP contribution in [0.3, 0.4) is 0 Å². The molecule has 236 valence electrons. The molecule has 2 fully saturated rings. The number of rotatable bonds is 11. The van der Waals surface area contributed by atoms with E-state index in [1.165, 1.54) is 0 Å². The zero-order valence-corrected chi connectivity index (χ0v) is 27.3. The molecule has 1 aliphatic heterocycles. The third-order valence-electron chi connectivity index (χ3n) is 8.92. The SMILES string of the molecule is CCCOc1ccc(-c2nn(-c3ccccc3)cc2C2CC2C(=O)N(Cc2ccc(N(C)C)cc2)C2CCS(=O)(=O)C2)cc1C. The Hall–Kier alpha value is -4.11. The van der Waals surface area contributed by atoms with Crippen LogP contribution in [0.1, 0.15) is 48.8 Å². The normalized spacial score (nSPS) is 20.1. The van der Waals surface area contributed by atoms with Gasteiger partial charge in [0.25, 0.3) is 0 Å². The second kappa shape index (κ2) is 12.7. The minimum Gasteiger partial charge on any atom is -0.493 e. The molecule has 8 nitrogen and oxygen atoms in total. The lowest BCUT2D eigenvalue weighted by molar-refractivity contribution is -0.135. The van der Waals surface area contributed by atoms with Gasteiger partial charge in [0.1, 0.15) is 5.75 Å². The first-order valence-corrected chi connectivity index (χ1v) is 17.6. The molecule has 9 heteroatoms. The summed E-state index contributed by atoms with van der Waals surface area (Å²) in [6.07, 6.45) is 4.18. The lowest BCUT2D eigenvalue weighted by Crippen LogP contribution is -2.41. The lowest BCUT2D eigenvalue weighted by Gasteiger charge is -2.29. The monoisotopic (exact) mass is 626 g/mol. The van der Waals surface area contributed by atoms with Crippen LogP contribution in [-0.2, 0) is 21.2 Å². The van der Waals surface area contributed by atoms with Crippen molar-refractivity contribution in [2.75, 3.05) is 37.1 Å². The summed E-state index contributed by atoms with van der Waals surface area (Å²) in [5.74, 6) is 0.809. The van der Waals surface area contributed by atoms with E-state index in [1.807, 2.05) is 102 Å². The Bertz CT molecular complexity index is 1770. The van der Waals surface area contributed by atoms with Crippen LogP contribution in [0.5, 0.6) is 5.75 Å². The summed E-state index contributed by atoms with van der Waals surface area (Å²) in [6, 6.07) is 24.0. The van der Waals surface area contributed by atoms with E-state index in [4.69, 9.17) is 9.84 Å². The molecule has 4 aromatic rings. The summed E-state index contributed by atoms with van der Waals surface area (Å²) in [5, 5.41) is 5.04. The Balaban J connectivity index is 1.31. The highest BCUT2D eigenvalue weighted by Gasteiger charge is 2.49. The van der Waals surface area contributed by atoms with Gasteiger partial charge in [-0.2, -0.15) is 5.10 Å². The van der Waals surface area contributed by atoms with Gasteiger partial charge in [0.15, 0.2) is 9.84 Å². The van der Waals surface area contributed by atoms with Gasteiger partial charge in [-0.1, -0.05) is 37.3 Å². The van der Waals surface area contributed by atoms with E-state index >= 15 is 0 Å². The maximum Gasteiger partial charge on any atom is 0.226 e. The molecule has 2 aliphatic rings. The third-order valence-corrected chi connectivity index (χ3v) is 10.7. The van der Waals surface area contributed by atoms with Gasteiger partial charge in [0, 0.05) is 61.5 Å². The van der Waals surface area contributed by atoms with Crippen LogP contribution < -0.4 is 9.64 Å². The van der Waals surface area contributed by atoms with Gasteiger partial charge >= 0.3 is 0 Å². The van der Waals surface area contributed by atoms with Crippen molar-refractivity contribution >= 4 is 21.4 Å². The van der Waals surface area contributed by atoms with E-state index in [0.29, 0.717) is 26.0 Å². The Morgan fingerprint density at radius 2 is 1.80 bits per heavy atom. The first-order valence-electron chi connectivity index (χ1n) is 15.8. The number of nitrogens with zero attached hydrogens (tertiary/aromatic N) is 4. The average molecular weight is 627 g/mol. The van der Waals surface area contributed by atoms with Crippen LogP contribution in [0.2, 0.25) is 0 Å². The Morgan fingerprint density at radius 3 is 2.44 bits per heavy atom. The molecule has 1 saturated heterocycles. The summed E-state index contributed by atoms with van der Waals surface area (Å²) >= 11 is 0. The van der Waals surface area contributed by atoms with Gasteiger partial charge in [0.2, 0.25) is 5.91 Å². The molecule has 0 spiro atoms. The number of aromatic nitrogens is 2. The number of benzene rings is 3. The molecule has 2 heterocycles. The third kappa shape index (κ3) is 6.78. The molecule has 45 heavy (non-hydrogen) atoms. The van der Waals surface area contributed by atoms with E-state index in [0.717, 1.165) is 51.5 Å². The van der Waals surface area contributed by atoms with Crippen LogP contribution in [0.4, 0.5) is 5.69 Å². The fourth-order valence-electron chi connectivity index (χ4n) is 6.30. The zero-order chi connectivity index (χ0) is 31.7. The number of para-hydroxylation sites is 1. The fraction of sp³-hybridized carbons (Fsp3) is 0.389. The lowest BCUT2D eigenvalue weighted by atomic mass is 10.0. The Kier molecular flexibility index (Phi) is 8.73. The number of hydrogen-bond donors (Lipinski definition) is 0. The number of carbonyl (C=O) groups is 1. The fourth-order valence-corrected chi connectivity index (χ4v) is 8.03. The molecule has 1 aliphatic carbocycles. The maximum atomic E-state index is 14.3. The van der Waals surface area contributed by atoms with E-state index < -0.39 is 9.84 Å². The van der Waals surface area contributed by atoms with Crippen LogP contribution >= 0.6 is 0 Å². The van der Waals surface area contributed by atoms with Gasteiger partial charge in [-0.15, -0.1) is 0 Å². The molecule has 0 radical (unpaired) electrons. The summed E-state index contributed by atoms with van der Waals surface area (Å²) < 4.78 is 32.8. The first kappa shape index (κ1) is 30.9. The highest BCUT2D eigenvalue weighted by Crippen LogP contribution is 2.52. The molecule has 1 aromatic heterocycles. The second-order valence-electron chi connectivity index (χ2n) is 12.6. The number of hydrogen-bond acceptors (Lipinski definition) is 6. The van der Waals surface area contributed by atoms with E-state index in [2.05, 4.69) is 19.2 Å². The molecule has 3 unspecified atom stereocenters. The van der Waals surface area contributed by atoms with Crippen molar-refractivity contribution in [3.05, 3.63) is 95.7 Å². The predicted molar refractivity (Wildman–Crippen MR) is 179 cm³/mol. The van der Waals surface area contributed by atoms with E-state index in [-0.39, 0.29) is 35.3 Å². The van der Waals surface area contributed by atoms with Gasteiger partial charge in [-0.05, 0) is 79.8 Å². The van der Waals surface area contributed by atoms with Crippen LogP contribution in [0.25, 0.3) is 16.9 Å². The molecule has 3 aromatic carbocycles. The number of sulfone groups is 1. The Labute approximate surface area is 266 Å². The molecule has 1 amide bonds. The van der Waals surface area contributed by atoms with Crippen LogP contribution in [0.15, 0.2) is 79.0 Å². The van der Waals surface area contributed by atoms with Gasteiger partial charge < -0.3 is 14.5 Å². The van der Waals surface area contributed by atoms with Crippen molar-refractivity contribution in [2.45, 2.75) is 51.6 Å². The number of aryl methyl sites for hydroxylation is 1. The number of carbonyl (C=O) groups excluding carboxylic acids is 1. The van der Waals surface area contributed by atoms with Gasteiger partial charge in [-0.3, -0.25) is 4.79 Å². The molecular weight excluding hydrogens is 584 g/mol. The highest BCUT2D eigenvalue weighted by atomic mass is 32.2. The smallest absolute Gasteiger partial charge is 0.226 e. The standard InChI is InChI=1S/C36H42N4O4S/c1-5-18-44-34-16-13-27(20-25(34)2)35-33(23-40(37-35)29-9-7-6-8-10-29)31-21-32(31)36(41)39(30-17-19-45(42,43)24-30)22-26-11-14-28(15-12-26)38(3)4/h6-16,20,23,30-32H,5,17-19,21-22,24H2,1-4H3. The topological polar surface area (TPSA) is 84.7 Å². The number of amides is 1. The summed E-state index contributed by atoms with van der Waals surface area (Å²) in [7, 11) is 0.820. The van der Waals surface area contributed by atoms with Crippen molar-refractivity contribution in [3.8, 4) is 22.7 Å². The minimum absolute atomic E-state index is 0.00193. The Morgan fingerprint density at radius 1 is 1.04 bits per heavy atom. The quantitative estimate of drug-likeness (QED) is 0.202. The highest BCUT2D eigenvalue weighted by molar-refractivity contribution is 7.91. The van der Waals surface area contributed by atoms with Crippen molar-refractivity contribution < 1.29 is 17.9 Å². The average Bonchev–Trinajstić information content (AvgIpc) is 3.56. The predicted octanol–water partition coefficient (Wildman–Crippen LogP) is 6.02. The van der Waals surface area contributed by atoms with Crippen LogP contribution in [-0.4, -0.2) is 67.3 Å². The minimum atomic E-state index is -3.16. The van der Waals surface area contributed by atoms with E-state index in [9.17, 15) is 13.2 Å². The maximum absolute atomic E-state index is 14.3. The van der Waals surface area contributed by atoms with Crippen molar-refractivity contribution in [2.24, 2.45) is 5.92 Å². The summed E-state index contributed by atoms with van der Waals surface area (Å²) in [5.41, 5.74) is 6.94. The molecule has 6 rings (SSSR count). The molecule has 1 saturated carbocycles. The number of ether oxygens (including phenoxy) is 1. The van der Waals surface area contributed by atoms with E-state index in [1.54, 1.807) is 0 Å².